The molecule has 2 aliphatic heterocycles. The van der Waals surface area contributed by atoms with Gasteiger partial charge in [0.25, 0.3) is 11.8 Å². The number of carbonyl (C=O) groups is 2. The second-order valence-electron chi connectivity index (χ2n) is 7.00. The van der Waals surface area contributed by atoms with Gasteiger partial charge < -0.3 is 20.1 Å². The van der Waals surface area contributed by atoms with Gasteiger partial charge in [-0.2, -0.15) is 0 Å². The molecule has 162 valence electrons. The average Bonchev–Trinajstić information content (AvgIpc) is 2.75. The fraction of sp³-hybridized carbons (Fsp3) is 0.600. The summed E-state index contributed by atoms with van der Waals surface area (Å²) in [6.07, 6.45) is 0. The van der Waals surface area contributed by atoms with Crippen LogP contribution in [-0.2, 0) is 9.47 Å². The number of hydrogen-bond acceptors (Lipinski definition) is 6. The number of morpholine rings is 2. The molecule has 0 spiro atoms. The summed E-state index contributed by atoms with van der Waals surface area (Å²) in [5.74, 6) is -0.236. The first-order chi connectivity index (χ1) is 13.7. The Labute approximate surface area is 178 Å². The minimum absolute atomic E-state index is 0. The van der Waals surface area contributed by atoms with Crippen LogP contribution in [0.2, 0.25) is 0 Å². The average molecular weight is 427 g/mol. The maximum absolute atomic E-state index is 12.2. The molecule has 1 aromatic rings. The minimum Gasteiger partial charge on any atom is -0.379 e. The molecule has 0 saturated carbocycles. The lowest BCUT2D eigenvalue weighted by atomic mass is 10.1. The molecule has 0 radical (unpaired) electrons. The van der Waals surface area contributed by atoms with Gasteiger partial charge in [0.05, 0.1) is 26.4 Å². The van der Waals surface area contributed by atoms with Crippen LogP contribution in [0, 0.1) is 0 Å². The number of amides is 2. The summed E-state index contributed by atoms with van der Waals surface area (Å²) in [4.78, 5) is 29.0. The number of benzene rings is 1. The topological polar surface area (TPSA) is 83.1 Å². The van der Waals surface area contributed by atoms with E-state index in [-0.39, 0.29) is 24.2 Å². The van der Waals surface area contributed by atoms with Gasteiger partial charge in [-0.1, -0.05) is 0 Å². The predicted molar refractivity (Wildman–Crippen MR) is 113 cm³/mol. The fourth-order valence-corrected chi connectivity index (χ4v) is 3.28. The standard InChI is InChI=1S/C20H30N4O4.ClH/c25-19(21-5-7-23-9-13-27-14-10-23)17-1-2-18(4-3-17)20(26)22-6-8-24-11-15-28-16-12-24;/h1-4H,5-16H2,(H,21,25)(H,22,26);1H. The maximum atomic E-state index is 12.2. The summed E-state index contributed by atoms with van der Waals surface area (Å²) in [5, 5.41) is 5.86. The lowest BCUT2D eigenvalue weighted by Crippen LogP contribution is -2.41. The highest BCUT2D eigenvalue weighted by Crippen LogP contribution is 2.05. The van der Waals surface area contributed by atoms with Crippen molar-refractivity contribution in [2.45, 2.75) is 0 Å². The first-order valence-electron chi connectivity index (χ1n) is 9.99. The van der Waals surface area contributed by atoms with Crippen molar-refractivity contribution < 1.29 is 19.1 Å². The van der Waals surface area contributed by atoms with E-state index in [4.69, 9.17) is 9.47 Å². The van der Waals surface area contributed by atoms with Crippen molar-refractivity contribution in [1.29, 1.82) is 0 Å². The number of carbonyl (C=O) groups excluding carboxylic acids is 2. The Morgan fingerprint density at radius 3 is 1.41 bits per heavy atom. The molecule has 3 rings (SSSR count). The van der Waals surface area contributed by atoms with E-state index in [1.807, 2.05) is 0 Å². The molecule has 8 nitrogen and oxygen atoms in total. The Kier molecular flexibility index (Phi) is 10.4. The quantitative estimate of drug-likeness (QED) is 0.619. The third-order valence-corrected chi connectivity index (χ3v) is 5.04. The molecule has 0 unspecified atom stereocenters. The highest BCUT2D eigenvalue weighted by atomic mass is 35.5. The Morgan fingerprint density at radius 2 is 1.07 bits per heavy atom. The summed E-state index contributed by atoms with van der Waals surface area (Å²) < 4.78 is 10.6. The number of nitrogens with zero attached hydrogens (tertiary/aromatic N) is 2. The molecule has 2 N–H and O–H groups in total. The molecule has 29 heavy (non-hydrogen) atoms. The first-order valence-corrected chi connectivity index (χ1v) is 9.99. The van der Waals surface area contributed by atoms with Crippen LogP contribution in [0.1, 0.15) is 20.7 Å². The van der Waals surface area contributed by atoms with Gasteiger partial charge >= 0.3 is 0 Å². The SMILES string of the molecule is Cl.O=C(NCCN1CCOCC1)c1ccc(C(=O)NCCN2CCOCC2)cc1. The smallest absolute Gasteiger partial charge is 0.251 e. The van der Waals surface area contributed by atoms with Gasteiger partial charge in [-0.25, -0.2) is 0 Å². The van der Waals surface area contributed by atoms with Crippen LogP contribution in [-0.4, -0.2) is 100 Å². The summed E-state index contributed by atoms with van der Waals surface area (Å²) in [6.45, 7) is 9.48. The molecule has 0 bridgehead atoms. The van der Waals surface area contributed by atoms with Crippen LogP contribution in [0.25, 0.3) is 0 Å². The molecule has 2 heterocycles. The molecule has 1 aromatic carbocycles. The summed E-state index contributed by atoms with van der Waals surface area (Å²) in [6, 6.07) is 6.78. The van der Waals surface area contributed by atoms with Crippen molar-refractivity contribution in [3.63, 3.8) is 0 Å². The normalized spacial score (nSPS) is 17.9. The van der Waals surface area contributed by atoms with E-state index in [2.05, 4.69) is 20.4 Å². The van der Waals surface area contributed by atoms with Gasteiger partial charge in [-0.15, -0.1) is 12.4 Å². The van der Waals surface area contributed by atoms with Crippen LogP contribution < -0.4 is 10.6 Å². The Balaban J connectivity index is 0.00000300. The molecule has 0 aliphatic carbocycles. The zero-order chi connectivity index (χ0) is 19.6. The first kappa shape index (κ1) is 23.6. The highest BCUT2D eigenvalue weighted by Gasteiger charge is 2.13. The van der Waals surface area contributed by atoms with Crippen LogP contribution >= 0.6 is 12.4 Å². The van der Waals surface area contributed by atoms with E-state index in [0.29, 0.717) is 24.2 Å². The Morgan fingerprint density at radius 1 is 0.724 bits per heavy atom. The summed E-state index contributed by atoms with van der Waals surface area (Å²) >= 11 is 0. The van der Waals surface area contributed by atoms with E-state index < -0.39 is 0 Å². The molecule has 0 aromatic heterocycles. The number of halogens is 1. The third kappa shape index (κ3) is 7.91. The molecular formula is C20H31ClN4O4. The predicted octanol–water partition coefficient (Wildman–Crippen LogP) is 0.232. The van der Waals surface area contributed by atoms with E-state index in [0.717, 1.165) is 65.7 Å². The highest BCUT2D eigenvalue weighted by molar-refractivity contribution is 5.97. The van der Waals surface area contributed by atoms with Crippen molar-refractivity contribution in [3.05, 3.63) is 35.4 Å². The van der Waals surface area contributed by atoms with E-state index in [1.165, 1.54) is 0 Å². The van der Waals surface area contributed by atoms with Crippen molar-refractivity contribution in [1.82, 2.24) is 20.4 Å². The van der Waals surface area contributed by atoms with Gasteiger partial charge in [-0.3, -0.25) is 19.4 Å². The summed E-state index contributed by atoms with van der Waals surface area (Å²) in [5.41, 5.74) is 1.12. The van der Waals surface area contributed by atoms with E-state index in [9.17, 15) is 9.59 Å². The Bertz CT molecular complexity index is 577. The molecule has 2 amide bonds. The molecular weight excluding hydrogens is 396 g/mol. The minimum atomic E-state index is -0.118. The van der Waals surface area contributed by atoms with Gasteiger partial charge in [0.15, 0.2) is 0 Å². The molecule has 2 saturated heterocycles. The lowest BCUT2D eigenvalue weighted by molar-refractivity contribution is 0.0382. The number of hydrogen-bond donors (Lipinski definition) is 2. The molecule has 0 atom stereocenters. The van der Waals surface area contributed by atoms with Crippen molar-refractivity contribution >= 4 is 24.2 Å². The zero-order valence-corrected chi connectivity index (χ0v) is 17.5. The van der Waals surface area contributed by atoms with Crippen molar-refractivity contribution in [3.8, 4) is 0 Å². The van der Waals surface area contributed by atoms with Gasteiger partial charge in [-0.05, 0) is 24.3 Å². The molecule has 2 fully saturated rings. The van der Waals surface area contributed by atoms with Crippen LogP contribution in [0.15, 0.2) is 24.3 Å². The van der Waals surface area contributed by atoms with Crippen LogP contribution in [0.4, 0.5) is 0 Å². The second-order valence-corrected chi connectivity index (χ2v) is 7.00. The Hall–Kier alpha value is -1.71. The van der Waals surface area contributed by atoms with Crippen LogP contribution in [0.5, 0.6) is 0 Å². The number of ether oxygens (including phenoxy) is 2. The maximum Gasteiger partial charge on any atom is 0.251 e. The van der Waals surface area contributed by atoms with Gasteiger partial charge in [0, 0.05) is 63.5 Å². The second kappa shape index (κ2) is 12.8. The van der Waals surface area contributed by atoms with E-state index >= 15 is 0 Å². The van der Waals surface area contributed by atoms with Crippen molar-refractivity contribution in [2.75, 3.05) is 78.8 Å². The monoisotopic (exact) mass is 426 g/mol. The fourth-order valence-electron chi connectivity index (χ4n) is 3.28. The number of rotatable bonds is 8. The van der Waals surface area contributed by atoms with E-state index in [1.54, 1.807) is 24.3 Å². The summed E-state index contributed by atoms with van der Waals surface area (Å²) in [7, 11) is 0. The lowest BCUT2D eigenvalue weighted by Gasteiger charge is -2.26. The molecule has 9 heteroatoms. The largest absolute Gasteiger partial charge is 0.379 e. The van der Waals surface area contributed by atoms with Crippen LogP contribution in [0.3, 0.4) is 0 Å². The zero-order valence-electron chi connectivity index (χ0n) is 16.7. The molecule has 2 aliphatic rings. The third-order valence-electron chi connectivity index (χ3n) is 5.04. The van der Waals surface area contributed by atoms with Crippen molar-refractivity contribution in [2.24, 2.45) is 0 Å². The van der Waals surface area contributed by atoms with Gasteiger partial charge in [0.1, 0.15) is 0 Å². The van der Waals surface area contributed by atoms with Gasteiger partial charge in [0.2, 0.25) is 0 Å². The number of nitrogens with one attached hydrogen (secondary N) is 2.